The van der Waals surface area contributed by atoms with Gasteiger partial charge in [0.05, 0.1) is 18.9 Å². The van der Waals surface area contributed by atoms with Crippen LogP contribution in [-0.4, -0.2) is 39.1 Å². The van der Waals surface area contributed by atoms with Gasteiger partial charge in [0.2, 0.25) is 0 Å². The van der Waals surface area contributed by atoms with Crippen LogP contribution in [0.1, 0.15) is 0 Å². The van der Waals surface area contributed by atoms with E-state index in [4.69, 9.17) is 4.74 Å². The number of nitrogens with zero attached hydrogens (tertiary/aromatic N) is 1. The maximum absolute atomic E-state index is 5.19. The topological polar surface area (TPSA) is 42.8 Å². The zero-order valence-corrected chi connectivity index (χ0v) is 6.09. The molecule has 0 bridgehead atoms. The molecule has 1 N–H and O–H groups in total. The van der Waals surface area contributed by atoms with Crippen LogP contribution >= 0.6 is 0 Å². The number of hydrogen-bond acceptors (Lipinski definition) is 4. The molecule has 0 aliphatic carbocycles. The van der Waals surface area contributed by atoms with Gasteiger partial charge in [-0.15, -0.1) is 0 Å². The highest BCUT2D eigenvalue weighted by atomic mass is 16.6. The lowest BCUT2D eigenvalue weighted by molar-refractivity contribution is 0.172. The molecule has 4 heteroatoms. The lowest BCUT2D eigenvalue weighted by atomic mass is 10.4. The van der Waals surface area contributed by atoms with E-state index in [2.05, 4.69) is 15.3 Å². The average Bonchev–Trinajstić information content (AvgIpc) is 2.17. The molecule has 0 saturated carbocycles. The highest BCUT2D eigenvalue weighted by Gasteiger charge is 2.04. The maximum Gasteiger partial charge on any atom is 0.106 e. The standard InChI is InChI=1S/C6H12N2O2/c1-9-8-6-4-7-2-3-10-5-6/h7H,2-5H2,1H3. The minimum Gasteiger partial charge on any atom is -0.399 e. The summed E-state index contributed by atoms with van der Waals surface area (Å²) in [6.45, 7) is 3.00. The van der Waals surface area contributed by atoms with Gasteiger partial charge in [-0.25, -0.2) is 0 Å². The maximum atomic E-state index is 5.19. The van der Waals surface area contributed by atoms with Crippen molar-refractivity contribution < 1.29 is 9.57 Å². The van der Waals surface area contributed by atoms with Gasteiger partial charge in [-0.2, -0.15) is 0 Å². The van der Waals surface area contributed by atoms with E-state index < -0.39 is 0 Å². The molecule has 1 heterocycles. The van der Waals surface area contributed by atoms with Crippen LogP contribution in [0.3, 0.4) is 0 Å². The minimum atomic E-state index is 0.584. The Morgan fingerprint density at radius 3 is 3.40 bits per heavy atom. The largest absolute Gasteiger partial charge is 0.399 e. The van der Waals surface area contributed by atoms with Crippen molar-refractivity contribution in [2.45, 2.75) is 0 Å². The molecule has 0 aromatic carbocycles. The second kappa shape index (κ2) is 4.24. The van der Waals surface area contributed by atoms with Crippen LogP contribution < -0.4 is 5.32 Å². The van der Waals surface area contributed by atoms with Crippen molar-refractivity contribution in [1.29, 1.82) is 0 Å². The van der Waals surface area contributed by atoms with Gasteiger partial charge in [0, 0.05) is 13.1 Å². The number of oxime groups is 1. The fourth-order valence-corrected chi connectivity index (χ4v) is 0.806. The third-order valence-corrected chi connectivity index (χ3v) is 1.24. The van der Waals surface area contributed by atoms with Crippen LogP contribution in [0.15, 0.2) is 5.16 Å². The summed E-state index contributed by atoms with van der Waals surface area (Å²) >= 11 is 0. The number of rotatable bonds is 1. The van der Waals surface area contributed by atoms with Crippen LogP contribution in [0.5, 0.6) is 0 Å². The summed E-state index contributed by atoms with van der Waals surface area (Å²) in [6, 6.07) is 0. The smallest absolute Gasteiger partial charge is 0.106 e. The third kappa shape index (κ3) is 2.33. The molecule has 0 atom stereocenters. The molecule has 58 valence electrons. The van der Waals surface area contributed by atoms with Crippen molar-refractivity contribution in [3.63, 3.8) is 0 Å². The Morgan fingerprint density at radius 1 is 1.70 bits per heavy atom. The van der Waals surface area contributed by atoms with Gasteiger partial charge in [0.15, 0.2) is 0 Å². The van der Waals surface area contributed by atoms with Gasteiger partial charge in [-0.1, -0.05) is 5.16 Å². The second-order valence-corrected chi connectivity index (χ2v) is 2.07. The number of nitrogens with one attached hydrogen (secondary N) is 1. The summed E-state index contributed by atoms with van der Waals surface area (Å²) in [7, 11) is 1.54. The molecule has 10 heavy (non-hydrogen) atoms. The summed E-state index contributed by atoms with van der Waals surface area (Å²) in [5.41, 5.74) is 0.917. The van der Waals surface area contributed by atoms with Crippen molar-refractivity contribution in [3.05, 3.63) is 0 Å². The van der Waals surface area contributed by atoms with Gasteiger partial charge in [-0.3, -0.25) is 0 Å². The van der Waals surface area contributed by atoms with Crippen LogP contribution in [0.4, 0.5) is 0 Å². The monoisotopic (exact) mass is 144 g/mol. The zero-order chi connectivity index (χ0) is 7.23. The Balaban J connectivity index is 2.35. The zero-order valence-electron chi connectivity index (χ0n) is 6.09. The lowest BCUT2D eigenvalue weighted by Crippen LogP contribution is -2.22. The van der Waals surface area contributed by atoms with Gasteiger partial charge in [-0.05, 0) is 0 Å². The van der Waals surface area contributed by atoms with Gasteiger partial charge in [0.25, 0.3) is 0 Å². The van der Waals surface area contributed by atoms with Crippen molar-refractivity contribution in [1.82, 2.24) is 5.32 Å². The quantitative estimate of drug-likeness (QED) is 0.510. The van der Waals surface area contributed by atoms with Crippen LogP contribution in [0.25, 0.3) is 0 Å². The first-order valence-electron chi connectivity index (χ1n) is 3.31. The van der Waals surface area contributed by atoms with E-state index in [1.54, 1.807) is 0 Å². The van der Waals surface area contributed by atoms with E-state index in [1.807, 2.05) is 0 Å². The molecule has 4 nitrogen and oxygen atoms in total. The van der Waals surface area contributed by atoms with Crippen molar-refractivity contribution >= 4 is 5.71 Å². The van der Waals surface area contributed by atoms with Crippen molar-refractivity contribution in [2.24, 2.45) is 5.16 Å². The molecule has 1 aliphatic heterocycles. The van der Waals surface area contributed by atoms with Crippen LogP contribution in [0, 0.1) is 0 Å². The molecule has 0 aromatic rings. The summed E-state index contributed by atoms with van der Waals surface area (Å²) in [4.78, 5) is 4.60. The Kier molecular flexibility index (Phi) is 3.18. The van der Waals surface area contributed by atoms with Crippen molar-refractivity contribution in [3.8, 4) is 0 Å². The fraction of sp³-hybridized carbons (Fsp3) is 0.833. The Labute approximate surface area is 60.2 Å². The molecule has 0 spiro atoms. The first kappa shape index (κ1) is 7.50. The van der Waals surface area contributed by atoms with E-state index in [-0.39, 0.29) is 0 Å². The molecule has 1 aliphatic rings. The molecular formula is C6H12N2O2. The van der Waals surface area contributed by atoms with Gasteiger partial charge >= 0.3 is 0 Å². The lowest BCUT2D eigenvalue weighted by Gasteiger charge is -1.98. The summed E-state index contributed by atoms with van der Waals surface area (Å²) < 4.78 is 5.19. The molecule has 1 fully saturated rings. The van der Waals surface area contributed by atoms with Gasteiger partial charge < -0.3 is 14.9 Å². The second-order valence-electron chi connectivity index (χ2n) is 2.07. The molecule has 0 unspecified atom stereocenters. The molecular weight excluding hydrogens is 132 g/mol. The molecule has 0 aromatic heterocycles. The van der Waals surface area contributed by atoms with Crippen molar-refractivity contribution in [2.75, 3.05) is 33.4 Å². The highest BCUT2D eigenvalue weighted by molar-refractivity contribution is 5.87. The normalized spacial score (nSPS) is 24.3. The number of ether oxygens (including phenoxy) is 1. The Morgan fingerprint density at radius 2 is 2.60 bits per heavy atom. The number of hydrogen-bond donors (Lipinski definition) is 1. The Bertz CT molecular complexity index is 115. The summed E-state index contributed by atoms with van der Waals surface area (Å²) in [5, 5.41) is 6.92. The molecule has 1 saturated heterocycles. The van der Waals surface area contributed by atoms with E-state index >= 15 is 0 Å². The predicted molar refractivity (Wildman–Crippen MR) is 38.1 cm³/mol. The van der Waals surface area contributed by atoms with E-state index in [0.717, 1.165) is 25.4 Å². The summed E-state index contributed by atoms with van der Waals surface area (Å²) in [6.07, 6.45) is 0. The third-order valence-electron chi connectivity index (χ3n) is 1.24. The van der Waals surface area contributed by atoms with Crippen LogP contribution in [0.2, 0.25) is 0 Å². The Hall–Kier alpha value is -0.610. The van der Waals surface area contributed by atoms with E-state index in [1.165, 1.54) is 7.11 Å². The van der Waals surface area contributed by atoms with Gasteiger partial charge in [0.1, 0.15) is 7.11 Å². The van der Waals surface area contributed by atoms with E-state index in [9.17, 15) is 0 Å². The molecule has 1 rings (SSSR count). The average molecular weight is 144 g/mol. The first-order chi connectivity index (χ1) is 4.93. The summed E-state index contributed by atoms with van der Waals surface area (Å²) in [5.74, 6) is 0. The molecule has 0 amide bonds. The first-order valence-corrected chi connectivity index (χ1v) is 3.31. The highest BCUT2D eigenvalue weighted by Crippen LogP contribution is 1.86. The van der Waals surface area contributed by atoms with Crippen LogP contribution in [-0.2, 0) is 9.57 Å². The minimum absolute atomic E-state index is 0.584. The fourth-order valence-electron chi connectivity index (χ4n) is 0.806. The molecule has 0 radical (unpaired) electrons. The van der Waals surface area contributed by atoms with E-state index in [0.29, 0.717) is 6.61 Å². The predicted octanol–water partition coefficient (Wildman–Crippen LogP) is -0.391. The SMILES string of the molecule is CON=C1CNCCOC1.